The second-order valence-corrected chi connectivity index (χ2v) is 7.43. The number of halogens is 1. The number of hydrogen-bond acceptors (Lipinski definition) is 4. The fourth-order valence-corrected chi connectivity index (χ4v) is 4.25. The summed E-state index contributed by atoms with van der Waals surface area (Å²) in [5, 5.41) is 5.34. The van der Waals surface area contributed by atoms with Gasteiger partial charge in [0.15, 0.2) is 5.13 Å². The molecule has 22 heavy (non-hydrogen) atoms. The number of carbonyl (C=O) groups is 1. The van der Waals surface area contributed by atoms with Gasteiger partial charge in [-0.25, -0.2) is 9.37 Å². The molecule has 1 aromatic carbocycles. The minimum atomic E-state index is -0.984. The Morgan fingerprint density at radius 2 is 2.23 bits per heavy atom. The summed E-state index contributed by atoms with van der Waals surface area (Å²) < 4.78 is 13.9. The van der Waals surface area contributed by atoms with Crippen molar-refractivity contribution in [2.45, 2.75) is 19.5 Å². The van der Waals surface area contributed by atoms with E-state index in [9.17, 15) is 9.18 Å². The number of fused-ring (bicyclic) bond motifs is 1. The van der Waals surface area contributed by atoms with Crippen LogP contribution < -0.4 is 5.32 Å². The molecule has 1 aliphatic rings. The Hall–Kier alpha value is -1.79. The lowest BCUT2D eigenvalue weighted by molar-refractivity contribution is -0.117. The molecular formula is C16H13FN2OS2. The Labute approximate surface area is 134 Å². The average Bonchev–Trinajstić information content (AvgIpc) is 2.90. The molecule has 1 aliphatic carbocycles. The van der Waals surface area contributed by atoms with E-state index in [1.807, 2.05) is 12.1 Å². The molecule has 6 heteroatoms. The van der Waals surface area contributed by atoms with E-state index in [-0.39, 0.29) is 5.91 Å². The zero-order chi connectivity index (χ0) is 15.3. The summed E-state index contributed by atoms with van der Waals surface area (Å²) in [6, 6.07) is 8.21. The number of aryl methyl sites for hydroxylation is 1. The number of rotatable bonds is 3. The van der Waals surface area contributed by atoms with Crippen molar-refractivity contribution in [3.63, 3.8) is 0 Å². The first kappa shape index (κ1) is 13.8. The maximum atomic E-state index is 12.9. The molecule has 2 atom stereocenters. The molecule has 0 bridgehead atoms. The third-order valence-corrected chi connectivity index (χ3v) is 5.79. The smallest absolute Gasteiger partial charge is 0.232 e. The number of benzene rings is 1. The van der Waals surface area contributed by atoms with Crippen LogP contribution in [0.1, 0.15) is 12.0 Å². The molecule has 4 rings (SSSR count). The van der Waals surface area contributed by atoms with Crippen LogP contribution in [0.3, 0.4) is 0 Å². The van der Waals surface area contributed by atoms with Crippen LogP contribution in [0, 0.1) is 12.8 Å². The van der Waals surface area contributed by atoms with E-state index < -0.39 is 12.1 Å². The van der Waals surface area contributed by atoms with Gasteiger partial charge in [-0.2, -0.15) is 0 Å². The van der Waals surface area contributed by atoms with Crippen LogP contribution >= 0.6 is 22.7 Å². The van der Waals surface area contributed by atoms with Gasteiger partial charge in [0.1, 0.15) is 6.17 Å². The van der Waals surface area contributed by atoms with Gasteiger partial charge in [-0.15, -0.1) is 11.3 Å². The standard InChI is InChI=1S/C16H13FN2OS2/c1-8-4-5-21-14(8)9-2-3-12-13(6-9)22-16(18-12)19-15(20)10-7-11(10)17/h2-6,10-11H,7H2,1H3,(H,18,19,20). The number of amides is 1. The first-order valence-electron chi connectivity index (χ1n) is 7.02. The number of anilines is 1. The summed E-state index contributed by atoms with van der Waals surface area (Å²) in [5.41, 5.74) is 3.27. The molecule has 1 N–H and O–H groups in total. The van der Waals surface area contributed by atoms with Gasteiger partial charge < -0.3 is 5.32 Å². The summed E-state index contributed by atoms with van der Waals surface area (Å²) in [6.45, 7) is 2.09. The van der Waals surface area contributed by atoms with Crippen molar-refractivity contribution >= 4 is 43.9 Å². The fraction of sp³-hybridized carbons (Fsp3) is 0.250. The van der Waals surface area contributed by atoms with Crippen molar-refractivity contribution in [2.75, 3.05) is 5.32 Å². The van der Waals surface area contributed by atoms with Gasteiger partial charge in [0.25, 0.3) is 0 Å². The van der Waals surface area contributed by atoms with E-state index in [0.717, 1.165) is 15.8 Å². The first-order chi connectivity index (χ1) is 10.6. The minimum absolute atomic E-state index is 0.263. The zero-order valence-electron chi connectivity index (χ0n) is 11.8. The van der Waals surface area contributed by atoms with Gasteiger partial charge in [0, 0.05) is 4.88 Å². The quantitative estimate of drug-likeness (QED) is 0.760. The van der Waals surface area contributed by atoms with Gasteiger partial charge >= 0.3 is 0 Å². The van der Waals surface area contributed by atoms with Crippen LogP contribution in [0.2, 0.25) is 0 Å². The molecule has 0 spiro atoms. The highest BCUT2D eigenvalue weighted by Gasteiger charge is 2.43. The van der Waals surface area contributed by atoms with Crippen LogP contribution in [0.5, 0.6) is 0 Å². The van der Waals surface area contributed by atoms with Gasteiger partial charge in [-0.1, -0.05) is 17.4 Å². The molecular weight excluding hydrogens is 319 g/mol. The molecule has 2 aromatic heterocycles. The van der Waals surface area contributed by atoms with Gasteiger partial charge in [0.05, 0.1) is 16.1 Å². The number of thiophene rings is 1. The van der Waals surface area contributed by atoms with Crippen LogP contribution in [-0.4, -0.2) is 17.1 Å². The SMILES string of the molecule is Cc1ccsc1-c1ccc2nc(NC(=O)C3CC3F)sc2c1. The summed E-state index contributed by atoms with van der Waals surface area (Å²) in [7, 11) is 0. The van der Waals surface area contributed by atoms with Gasteiger partial charge in [-0.05, 0) is 48.1 Å². The van der Waals surface area contributed by atoms with Crippen LogP contribution in [0.4, 0.5) is 9.52 Å². The highest BCUT2D eigenvalue weighted by molar-refractivity contribution is 7.22. The zero-order valence-corrected chi connectivity index (χ0v) is 13.4. The van der Waals surface area contributed by atoms with Gasteiger partial charge in [0.2, 0.25) is 5.91 Å². The Kier molecular flexibility index (Phi) is 3.23. The topological polar surface area (TPSA) is 42.0 Å². The van der Waals surface area contributed by atoms with E-state index >= 15 is 0 Å². The second-order valence-electron chi connectivity index (χ2n) is 5.48. The maximum absolute atomic E-state index is 12.9. The van der Waals surface area contributed by atoms with Crippen LogP contribution in [0.25, 0.3) is 20.7 Å². The number of nitrogens with zero attached hydrogens (tertiary/aromatic N) is 1. The lowest BCUT2D eigenvalue weighted by Crippen LogP contribution is -2.14. The van der Waals surface area contributed by atoms with E-state index in [1.165, 1.54) is 21.8 Å². The van der Waals surface area contributed by atoms with Crippen molar-refractivity contribution in [3.8, 4) is 10.4 Å². The van der Waals surface area contributed by atoms with E-state index in [2.05, 4.69) is 34.7 Å². The highest BCUT2D eigenvalue weighted by atomic mass is 32.1. The molecule has 0 radical (unpaired) electrons. The second kappa shape index (κ2) is 5.14. The van der Waals surface area contributed by atoms with Crippen molar-refractivity contribution in [1.29, 1.82) is 0 Å². The van der Waals surface area contributed by atoms with E-state index in [1.54, 1.807) is 11.3 Å². The number of thiazole rings is 1. The Morgan fingerprint density at radius 3 is 2.91 bits per heavy atom. The minimum Gasteiger partial charge on any atom is -0.302 e. The van der Waals surface area contributed by atoms with E-state index in [4.69, 9.17) is 0 Å². The lowest BCUT2D eigenvalue weighted by atomic mass is 10.1. The van der Waals surface area contributed by atoms with E-state index in [0.29, 0.717) is 11.6 Å². The third kappa shape index (κ3) is 2.42. The number of carbonyl (C=O) groups excluding carboxylic acids is 1. The molecule has 1 saturated carbocycles. The third-order valence-electron chi connectivity index (χ3n) is 3.79. The number of aromatic nitrogens is 1. The maximum Gasteiger partial charge on any atom is 0.232 e. The fourth-order valence-electron chi connectivity index (χ4n) is 2.42. The summed E-state index contributed by atoms with van der Waals surface area (Å²) in [4.78, 5) is 17.4. The number of nitrogens with one attached hydrogen (secondary N) is 1. The van der Waals surface area contributed by atoms with Crippen molar-refractivity contribution in [1.82, 2.24) is 4.98 Å². The molecule has 0 saturated heterocycles. The van der Waals surface area contributed by atoms with Gasteiger partial charge in [-0.3, -0.25) is 4.79 Å². The predicted octanol–water partition coefficient (Wildman–Crippen LogP) is 4.63. The highest BCUT2D eigenvalue weighted by Crippen LogP contribution is 2.37. The number of alkyl halides is 1. The molecule has 1 fully saturated rings. The molecule has 3 aromatic rings. The Bertz CT molecular complexity index is 870. The normalized spacial score (nSPS) is 20.3. The van der Waals surface area contributed by atoms with Crippen molar-refractivity contribution in [2.24, 2.45) is 5.92 Å². The molecule has 0 aliphatic heterocycles. The monoisotopic (exact) mass is 332 g/mol. The average molecular weight is 332 g/mol. The number of hydrogen-bond donors (Lipinski definition) is 1. The molecule has 112 valence electrons. The Balaban J connectivity index is 1.63. The van der Waals surface area contributed by atoms with Crippen LogP contribution in [0.15, 0.2) is 29.6 Å². The first-order valence-corrected chi connectivity index (χ1v) is 8.71. The molecule has 3 nitrogen and oxygen atoms in total. The lowest BCUT2D eigenvalue weighted by Gasteiger charge is -1.99. The largest absolute Gasteiger partial charge is 0.302 e. The predicted molar refractivity (Wildman–Crippen MR) is 89.3 cm³/mol. The van der Waals surface area contributed by atoms with Crippen molar-refractivity contribution < 1.29 is 9.18 Å². The Morgan fingerprint density at radius 1 is 1.41 bits per heavy atom. The molecule has 2 unspecified atom stereocenters. The summed E-state index contributed by atoms with van der Waals surface area (Å²) in [6.07, 6.45) is -0.652. The van der Waals surface area contributed by atoms with Crippen molar-refractivity contribution in [3.05, 3.63) is 35.2 Å². The molecule has 1 amide bonds. The van der Waals surface area contributed by atoms with Crippen LogP contribution in [-0.2, 0) is 4.79 Å². The summed E-state index contributed by atoms with van der Waals surface area (Å²) in [5.74, 6) is -0.753. The summed E-state index contributed by atoms with van der Waals surface area (Å²) >= 11 is 3.14. The molecule has 2 heterocycles.